The Bertz CT molecular complexity index is 806. The van der Waals surface area contributed by atoms with Crippen molar-refractivity contribution < 1.29 is 14.6 Å². The van der Waals surface area contributed by atoms with E-state index in [1.54, 1.807) is 24.3 Å². The smallest absolute Gasteiger partial charge is 0.346 e. The minimum absolute atomic E-state index is 0.315. The average molecular weight is 372 g/mol. The first kappa shape index (κ1) is 16.8. The molecule has 2 aromatic rings. The van der Waals surface area contributed by atoms with Gasteiger partial charge in [-0.1, -0.05) is 35.9 Å². The Morgan fingerprint density at radius 3 is 2.74 bits per heavy atom. The summed E-state index contributed by atoms with van der Waals surface area (Å²) >= 11 is 3.40. The molecule has 0 aliphatic rings. The number of aryl methyl sites for hydroxylation is 1. The number of hydrogen-bond acceptors (Lipinski definition) is 3. The van der Waals surface area contributed by atoms with Gasteiger partial charge in [0.15, 0.2) is 0 Å². The fourth-order valence-electron chi connectivity index (χ4n) is 2.00. The van der Waals surface area contributed by atoms with Crippen LogP contribution in [0.25, 0.3) is 6.08 Å². The van der Waals surface area contributed by atoms with Gasteiger partial charge in [-0.15, -0.1) is 0 Å². The molecule has 0 aliphatic heterocycles. The highest BCUT2D eigenvalue weighted by Gasteiger charge is 2.07. The van der Waals surface area contributed by atoms with Crippen molar-refractivity contribution in [2.75, 3.05) is 0 Å². The second kappa shape index (κ2) is 7.61. The molecule has 0 bridgehead atoms. The number of carboxylic acid groups (broad SMARTS) is 1. The van der Waals surface area contributed by atoms with E-state index in [1.807, 2.05) is 25.1 Å². The van der Waals surface area contributed by atoms with E-state index >= 15 is 0 Å². The number of aliphatic carboxylic acids is 1. The van der Waals surface area contributed by atoms with Crippen LogP contribution in [0.3, 0.4) is 0 Å². The van der Waals surface area contributed by atoms with E-state index in [9.17, 15) is 4.79 Å². The molecule has 0 amide bonds. The molecule has 0 saturated heterocycles. The molecule has 2 aromatic carbocycles. The van der Waals surface area contributed by atoms with Crippen LogP contribution >= 0.6 is 15.9 Å². The molecule has 4 nitrogen and oxygen atoms in total. The van der Waals surface area contributed by atoms with E-state index in [0.29, 0.717) is 22.4 Å². The third kappa shape index (κ3) is 4.70. The molecule has 2 rings (SSSR count). The summed E-state index contributed by atoms with van der Waals surface area (Å²) in [6.07, 6.45) is 1.32. The summed E-state index contributed by atoms with van der Waals surface area (Å²) in [5.41, 5.74) is 2.53. The highest BCUT2D eigenvalue weighted by atomic mass is 79.9. The molecule has 0 saturated carbocycles. The number of ether oxygens (including phenoxy) is 1. The minimum atomic E-state index is -1.25. The summed E-state index contributed by atoms with van der Waals surface area (Å²) in [4.78, 5) is 10.8. The van der Waals surface area contributed by atoms with Gasteiger partial charge >= 0.3 is 5.97 Å². The Morgan fingerprint density at radius 1 is 1.35 bits per heavy atom. The first-order chi connectivity index (χ1) is 11.0. The highest BCUT2D eigenvalue weighted by molar-refractivity contribution is 9.10. The van der Waals surface area contributed by atoms with Gasteiger partial charge in [0.1, 0.15) is 24.0 Å². The molecule has 116 valence electrons. The number of halogens is 1. The van der Waals surface area contributed by atoms with Gasteiger partial charge in [0, 0.05) is 0 Å². The summed E-state index contributed by atoms with van der Waals surface area (Å²) in [6.45, 7) is 2.46. The van der Waals surface area contributed by atoms with Crippen molar-refractivity contribution in [3.05, 3.63) is 69.2 Å². The second-order valence-electron chi connectivity index (χ2n) is 4.94. The van der Waals surface area contributed by atoms with Crippen LogP contribution in [0.15, 0.2) is 52.5 Å². The molecule has 1 N–H and O–H groups in total. The van der Waals surface area contributed by atoms with Crippen LogP contribution in [0.1, 0.15) is 16.7 Å². The lowest BCUT2D eigenvalue weighted by molar-refractivity contribution is -0.132. The average Bonchev–Trinajstić information content (AvgIpc) is 2.51. The maximum Gasteiger partial charge on any atom is 0.346 e. The molecule has 0 atom stereocenters. The van der Waals surface area contributed by atoms with E-state index in [4.69, 9.17) is 15.1 Å². The van der Waals surface area contributed by atoms with E-state index in [-0.39, 0.29) is 5.57 Å². The van der Waals surface area contributed by atoms with Crippen LogP contribution < -0.4 is 4.74 Å². The Kier molecular flexibility index (Phi) is 5.56. The van der Waals surface area contributed by atoms with E-state index in [2.05, 4.69) is 22.0 Å². The Hall–Kier alpha value is -2.58. The predicted octanol–water partition coefficient (Wildman–Crippen LogP) is 4.33. The molecule has 5 heteroatoms. The quantitative estimate of drug-likeness (QED) is 0.627. The number of benzene rings is 2. The lowest BCUT2D eigenvalue weighted by Gasteiger charge is -2.09. The maximum atomic E-state index is 10.8. The first-order valence-corrected chi connectivity index (χ1v) is 7.62. The van der Waals surface area contributed by atoms with E-state index < -0.39 is 5.97 Å². The van der Waals surface area contributed by atoms with Crippen LogP contribution in [0, 0.1) is 18.3 Å². The van der Waals surface area contributed by atoms with Crippen LogP contribution in [-0.2, 0) is 11.4 Å². The maximum absolute atomic E-state index is 10.8. The van der Waals surface area contributed by atoms with Crippen molar-refractivity contribution in [1.29, 1.82) is 5.26 Å². The summed E-state index contributed by atoms with van der Waals surface area (Å²) < 4.78 is 6.46. The van der Waals surface area contributed by atoms with Crippen molar-refractivity contribution in [2.45, 2.75) is 13.5 Å². The Balaban J connectivity index is 2.14. The van der Waals surface area contributed by atoms with Crippen LogP contribution in [-0.4, -0.2) is 11.1 Å². The van der Waals surface area contributed by atoms with Gasteiger partial charge in [0.05, 0.1) is 4.47 Å². The molecule has 0 spiro atoms. The van der Waals surface area contributed by atoms with Gasteiger partial charge in [-0.05, 0) is 52.2 Å². The minimum Gasteiger partial charge on any atom is -0.488 e. The first-order valence-electron chi connectivity index (χ1n) is 6.82. The van der Waals surface area contributed by atoms with Crippen LogP contribution in [0.2, 0.25) is 0 Å². The van der Waals surface area contributed by atoms with Gasteiger partial charge in [-0.25, -0.2) is 4.79 Å². The number of hydrogen-bond donors (Lipinski definition) is 1. The van der Waals surface area contributed by atoms with Crippen molar-refractivity contribution in [1.82, 2.24) is 0 Å². The van der Waals surface area contributed by atoms with E-state index in [0.717, 1.165) is 5.56 Å². The molecule has 0 aliphatic carbocycles. The standard InChI is InChI=1S/C18H14BrNO3/c1-12-3-2-4-14(7-12)11-23-17-6-5-13(9-16(17)19)8-15(10-20)18(21)22/h2-9H,11H2,1H3,(H,21,22). The van der Waals surface area contributed by atoms with Crippen LogP contribution in [0.4, 0.5) is 0 Å². The third-order valence-electron chi connectivity index (χ3n) is 3.09. The summed E-state index contributed by atoms with van der Waals surface area (Å²) in [5, 5.41) is 17.6. The van der Waals surface area contributed by atoms with Crippen LogP contribution in [0.5, 0.6) is 5.75 Å². The van der Waals surface area contributed by atoms with Crippen molar-refractivity contribution >= 4 is 28.0 Å². The number of rotatable bonds is 5. The lowest BCUT2D eigenvalue weighted by atomic mass is 10.1. The molecular weight excluding hydrogens is 358 g/mol. The SMILES string of the molecule is Cc1cccc(COc2ccc(C=C(C#N)C(=O)O)cc2Br)c1. The second-order valence-corrected chi connectivity index (χ2v) is 5.80. The largest absolute Gasteiger partial charge is 0.488 e. The van der Waals surface area contributed by atoms with Gasteiger partial charge in [0.2, 0.25) is 0 Å². The predicted molar refractivity (Wildman–Crippen MR) is 90.9 cm³/mol. The van der Waals surface area contributed by atoms with Gasteiger partial charge in [0.25, 0.3) is 0 Å². The third-order valence-corrected chi connectivity index (χ3v) is 3.71. The summed E-state index contributed by atoms with van der Waals surface area (Å²) in [5.74, 6) is -0.596. The summed E-state index contributed by atoms with van der Waals surface area (Å²) in [6, 6.07) is 14.9. The van der Waals surface area contributed by atoms with E-state index in [1.165, 1.54) is 11.6 Å². The van der Waals surface area contributed by atoms with Gasteiger partial charge in [-0.2, -0.15) is 5.26 Å². The monoisotopic (exact) mass is 371 g/mol. The highest BCUT2D eigenvalue weighted by Crippen LogP contribution is 2.27. The Morgan fingerprint density at radius 2 is 2.13 bits per heavy atom. The topological polar surface area (TPSA) is 70.3 Å². The number of carbonyl (C=O) groups is 1. The Labute approximate surface area is 142 Å². The van der Waals surface area contributed by atoms with Gasteiger partial charge in [-0.3, -0.25) is 0 Å². The fourth-order valence-corrected chi connectivity index (χ4v) is 2.51. The van der Waals surface area contributed by atoms with Crippen molar-refractivity contribution in [3.8, 4) is 11.8 Å². The zero-order valence-electron chi connectivity index (χ0n) is 12.4. The van der Waals surface area contributed by atoms with Crippen molar-refractivity contribution in [2.24, 2.45) is 0 Å². The molecule has 0 fully saturated rings. The molecule has 0 heterocycles. The lowest BCUT2D eigenvalue weighted by Crippen LogP contribution is -1.98. The fraction of sp³-hybridized carbons (Fsp3) is 0.111. The summed E-state index contributed by atoms with van der Waals surface area (Å²) in [7, 11) is 0. The molecule has 0 radical (unpaired) electrons. The zero-order valence-corrected chi connectivity index (χ0v) is 14.0. The molecule has 23 heavy (non-hydrogen) atoms. The zero-order chi connectivity index (χ0) is 16.8. The number of nitrogens with zero attached hydrogens (tertiary/aromatic N) is 1. The molecular formula is C18H14BrNO3. The molecule has 0 unspecified atom stereocenters. The number of nitriles is 1. The van der Waals surface area contributed by atoms with Gasteiger partial charge < -0.3 is 9.84 Å². The normalized spacial score (nSPS) is 10.9. The van der Waals surface area contributed by atoms with Crippen molar-refractivity contribution in [3.63, 3.8) is 0 Å². The molecule has 0 aromatic heterocycles. The number of carboxylic acids is 1.